The summed E-state index contributed by atoms with van der Waals surface area (Å²) in [5.41, 5.74) is 1.07. The van der Waals surface area contributed by atoms with Gasteiger partial charge in [-0.2, -0.15) is 21.6 Å². The summed E-state index contributed by atoms with van der Waals surface area (Å²) < 4.78 is 80.1. The molecule has 0 aliphatic heterocycles. The van der Waals surface area contributed by atoms with Gasteiger partial charge in [0, 0.05) is 8.95 Å². The minimum absolute atomic E-state index is 0.0170. The van der Waals surface area contributed by atoms with Gasteiger partial charge >= 0.3 is 18.1 Å². The van der Waals surface area contributed by atoms with Crippen LogP contribution in [0.2, 0.25) is 0 Å². The Kier molecular flexibility index (Phi) is 8.37. The van der Waals surface area contributed by atoms with Gasteiger partial charge in [-0.05, 0) is 75.9 Å². The Labute approximate surface area is 204 Å². The number of ether oxygens (including phenoxy) is 2. The molecule has 0 aliphatic carbocycles. The van der Waals surface area contributed by atoms with Crippen LogP contribution >= 0.6 is 31.9 Å². The van der Waals surface area contributed by atoms with Crippen molar-refractivity contribution < 1.29 is 45.2 Å². The molecule has 0 heterocycles. The molecule has 13 heteroatoms. The fourth-order valence-corrected chi connectivity index (χ4v) is 4.62. The molecule has 1 atom stereocenters. The van der Waals surface area contributed by atoms with Crippen LogP contribution in [0.15, 0.2) is 33.2 Å². The van der Waals surface area contributed by atoms with Crippen molar-refractivity contribution in [3.8, 4) is 5.75 Å². The van der Waals surface area contributed by atoms with Crippen molar-refractivity contribution in [2.24, 2.45) is 0 Å². The van der Waals surface area contributed by atoms with E-state index in [1.165, 1.54) is 12.1 Å². The van der Waals surface area contributed by atoms with E-state index in [9.17, 15) is 31.2 Å². The number of hydrogen-bond donors (Lipinski definition) is 1. The second kappa shape index (κ2) is 10.1. The van der Waals surface area contributed by atoms with Crippen molar-refractivity contribution in [2.75, 3.05) is 5.75 Å². The van der Waals surface area contributed by atoms with Crippen molar-refractivity contribution in [2.45, 2.75) is 33.1 Å². The van der Waals surface area contributed by atoms with Crippen LogP contribution in [-0.4, -0.2) is 42.9 Å². The zero-order valence-corrected chi connectivity index (χ0v) is 21.3. The quantitative estimate of drug-likeness (QED) is 0.265. The predicted octanol–water partition coefficient (Wildman–Crippen LogP) is 5.33. The van der Waals surface area contributed by atoms with Crippen LogP contribution in [0.1, 0.15) is 37.4 Å². The molecule has 0 bridgehead atoms. The lowest BCUT2D eigenvalue weighted by Gasteiger charge is -2.21. The first-order chi connectivity index (χ1) is 15.0. The van der Waals surface area contributed by atoms with Gasteiger partial charge in [-0.25, -0.2) is 9.59 Å². The van der Waals surface area contributed by atoms with E-state index in [0.717, 1.165) is 5.56 Å². The molecule has 0 fully saturated rings. The van der Waals surface area contributed by atoms with Gasteiger partial charge in [0.1, 0.15) is 11.5 Å². The van der Waals surface area contributed by atoms with Gasteiger partial charge in [0.25, 0.3) is 10.1 Å². The van der Waals surface area contributed by atoms with E-state index in [1.54, 1.807) is 26.0 Å². The third-order valence-corrected chi connectivity index (χ3v) is 6.33. The average Bonchev–Trinajstić information content (AvgIpc) is 2.63. The molecule has 180 valence electrons. The van der Waals surface area contributed by atoms with Crippen molar-refractivity contribution >= 4 is 53.9 Å². The van der Waals surface area contributed by atoms with Gasteiger partial charge < -0.3 is 9.47 Å². The monoisotopic (exact) mass is 616 g/mol. The van der Waals surface area contributed by atoms with Gasteiger partial charge in [-0.1, -0.05) is 17.7 Å². The smallest absolute Gasteiger partial charge is 0.426 e. The molecular formula is C20H17Br2F3O7S. The molecule has 33 heavy (non-hydrogen) atoms. The highest BCUT2D eigenvalue weighted by atomic mass is 79.9. The Morgan fingerprint density at radius 1 is 1.00 bits per heavy atom. The lowest BCUT2D eigenvalue weighted by molar-refractivity contribution is -0.197. The van der Waals surface area contributed by atoms with E-state index in [0.29, 0.717) is 11.1 Å². The Morgan fingerprint density at radius 3 is 1.88 bits per heavy atom. The molecule has 0 spiro atoms. The van der Waals surface area contributed by atoms with Gasteiger partial charge in [-0.3, -0.25) is 4.55 Å². The maximum absolute atomic E-state index is 13.2. The summed E-state index contributed by atoms with van der Waals surface area (Å²) in [4.78, 5) is 25.6. The maximum atomic E-state index is 13.2. The topological polar surface area (TPSA) is 107 Å². The highest BCUT2D eigenvalue weighted by molar-refractivity contribution is 9.11. The zero-order valence-electron chi connectivity index (χ0n) is 17.3. The molecule has 0 aliphatic rings. The molecule has 2 aromatic carbocycles. The predicted molar refractivity (Wildman–Crippen MR) is 119 cm³/mol. The molecule has 0 saturated carbocycles. The van der Waals surface area contributed by atoms with E-state index in [-0.39, 0.29) is 14.7 Å². The summed E-state index contributed by atoms with van der Waals surface area (Å²) in [5.74, 6) is -4.42. The molecule has 0 amide bonds. The molecule has 2 rings (SSSR count). The molecular weight excluding hydrogens is 601 g/mol. The lowest BCUT2D eigenvalue weighted by Crippen LogP contribution is -2.39. The van der Waals surface area contributed by atoms with Crippen molar-refractivity contribution in [1.29, 1.82) is 0 Å². The van der Waals surface area contributed by atoms with E-state index in [4.69, 9.17) is 9.29 Å². The number of benzene rings is 2. The molecule has 1 unspecified atom stereocenters. The van der Waals surface area contributed by atoms with Crippen molar-refractivity contribution in [1.82, 2.24) is 0 Å². The summed E-state index contributed by atoms with van der Waals surface area (Å²) >= 11 is 6.08. The zero-order chi connectivity index (χ0) is 25.3. The average molecular weight is 618 g/mol. The van der Waals surface area contributed by atoms with Gasteiger partial charge in [0.2, 0.25) is 6.10 Å². The minimum atomic E-state index is -5.30. The Bertz CT molecular complexity index is 1190. The Hall–Kier alpha value is -1.96. The number of esters is 2. The second-order valence-electron chi connectivity index (χ2n) is 7.08. The van der Waals surface area contributed by atoms with Gasteiger partial charge in [-0.15, -0.1) is 0 Å². The van der Waals surface area contributed by atoms with Crippen LogP contribution in [0.4, 0.5) is 13.2 Å². The molecule has 0 saturated heterocycles. The largest absolute Gasteiger partial charge is 0.448 e. The third-order valence-electron chi connectivity index (χ3n) is 4.29. The number of hydrogen-bond acceptors (Lipinski definition) is 6. The molecule has 7 nitrogen and oxygen atoms in total. The van der Waals surface area contributed by atoms with Crippen LogP contribution in [-0.2, 0) is 14.9 Å². The van der Waals surface area contributed by atoms with Crippen molar-refractivity contribution in [3.05, 3.63) is 61.0 Å². The highest BCUT2D eigenvalue weighted by Gasteiger charge is 2.46. The summed E-state index contributed by atoms with van der Waals surface area (Å²) in [6.45, 7) is 5.22. The van der Waals surface area contributed by atoms with Crippen LogP contribution in [0.3, 0.4) is 0 Å². The molecule has 0 radical (unpaired) electrons. The van der Waals surface area contributed by atoms with E-state index in [1.807, 2.05) is 6.92 Å². The van der Waals surface area contributed by atoms with Crippen LogP contribution < -0.4 is 4.74 Å². The first kappa shape index (κ1) is 27.3. The fourth-order valence-electron chi connectivity index (χ4n) is 3.00. The van der Waals surface area contributed by atoms with E-state index >= 15 is 0 Å². The molecule has 1 N–H and O–H groups in total. The number of halogens is 5. The van der Waals surface area contributed by atoms with Gasteiger partial charge in [0.15, 0.2) is 0 Å². The van der Waals surface area contributed by atoms with Crippen LogP contribution in [0.5, 0.6) is 5.75 Å². The highest BCUT2D eigenvalue weighted by Crippen LogP contribution is 2.33. The maximum Gasteiger partial charge on any atom is 0.426 e. The van der Waals surface area contributed by atoms with Crippen LogP contribution in [0, 0.1) is 20.8 Å². The lowest BCUT2D eigenvalue weighted by atomic mass is 10.1. The van der Waals surface area contributed by atoms with E-state index in [2.05, 4.69) is 36.6 Å². The number of carbonyl (C=O) groups excluding carboxylic acids is 2. The first-order valence-corrected chi connectivity index (χ1v) is 12.2. The number of carbonyl (C=O) groups is 2. The summed E-state index contributed by atoms with van der Waals surface area (Å²) in [5, 5.41) is 0. The molecule has 0 aromatic heterocycles. The first-order valence-electron chi connectivity index (χ1n) is 9.02. The summed E-state index contributed by atoms with van der Waals surface area (Å²) in [7, 11) is -5.14. The molecule has 2 aromatic rings. The van der Waals surface area contributed by atoms with Crippen LogP contribution in [0.25, 0.3) is 0 Å². The number of aryl methyl sites for hydroxylation is 3. The summed E-state index contributed by atoms with van der Waals surface area (Å²) in [6, 6.07) is 6.13. The summed E-state index contributed by atoms with van der Waals surface area (Å²) in [6.07, 6.45) is -8.47. The van der Waals surface area contributed by atoms with E-state index < -0.39 is 51.2 Å². The normalized spacial score (nSPS) is 12.9. The minimum Gasteiger partial charge on any atom is -0.448 e. The number of alkyl halides is 3. The van der Waals surface area contributed by atoms with Gasteiger partial charge in [0.05, 0.1) is 11.1 Å². The fraction of sp³-hybridized carbons (Fsp3) is 0.300. The Balaban J connectivity index is 2.50. The SMILES string of the molecule is Cc1cc(C)c(OC(=O)c2c(Br)ccc(Br)c2C(=O)OC(CS(=O)(=O)O)C(F)(F)F)c(C)c1. The Morgan fingerprint density at radius 2 is 1.45 bits per heavy atom. The number of rotatable bonds is 6. The third kappa shape index (κ3) is 7.01. The second-order valence-corrected chi connectivity index (χ2v) is 10.3. The standard InChI is InChI=1S/C20H17Br2F3O7S/c1-9-6-10(2)17(11(3)7-9)32-19(27)16-13(22)5-4-12(21)15(16)18(26)31-14(20(23,24)25)8-33(28,29)30/h4-7,14H,8H2,1-3H3,(H,28,29,30). The van der Waals surface area contributed by atoms with Crippen molar-refractivity contribution in [3.63, 3.8) is 0 Å².